The van der Waals surface area contributed by atoms with Gasteiger partial charge in [0.25, 0.3) is 0 Å². The van der Waals surface area contributed by atoms with Gasteiger partial charge in [0.2, 0.25) is 5.82 Å². The first-order chi connectivity index (χ1) is 9.58. The summed E-state index contributed by atoms with van der Waals surface area (Å²) in [5.41, 5.74) is 6.61. The zero-order valence-corrected chi connectivity index (χ0v) is 11.3. The lowest BCUT2D eigenvalue weighted by Gasteiger charge is -2.17. The van der Waals surface area contributed by atoms with E-state index in [0.717, 1.165) is 17.7 Å². The molecule has 1 heterocycles. The van der Waals surface area contributed by atoms with Crippen molar-refractivity contribution in [3.8, 4) is 5.75 Å². The third-order valence-corrected chi connectivity index (χ3v) is 3.19. The van der Waals surface area contributed by atoms with Crippen LogP contribution in [0.2, 0.25) is 0 Å². The van der Waals surface area contributed by atoms with E-state index in [2.05, 4.69) is 5.10 Å². The van der Waals surface area contributed by atoms with Crippen molar-refractivity contribution in [2.24, 2.45) is 0 Å². The van der Waals surface area contributed by atoms with Gasteiger partial charge in [0.05, 0.1) is 18.1 Å². The fourth-order valence-electron chi connectivity index (χ4n) is 2.13. The van der Waals surface area contributed by atoms with E-state index < -0.39 is 4.92 Å². The zero-order chi connectivity index (χ0) is 14.7. The Bertz CT molecular complexity index is 607. The number of rotatable bonds is 5. The molecule has 0 spiro atoms. The molecule has 0 aliphatic rings. The second kappa shape index (κ2) is 5.60. The molecule has 0 saturated heterocycles. The molecule has 0 saturated carbocycles. The largest absolute Gasteiger partial charge is 0.497 e. The van der Waals surface area contributed by atoms with Crippen LogP contribution in [0.1, 0.15) is 24.9 Å². The highest BCUT2D eigenvalue weighted by Crippen LogP contribution is 2.29. The van der Waals surface area contributed by atoms with Crippen LogP contribution < -0.4 is 10.5 Å². The Hall–Kier alpha value is -2.57. The van der Waals surface area contributed by atoms with Gasteiger partial charge in [0.1, 0.15) is 11.9 Å². The number of ether oxygens (including phenoxy) is 1. The summed E-state index contributed by atoms with van der Waals surface area (Å²) in [5, 5.41) is 14.9. The van der Waals surface area contributed by atoms with Gasteiger partial charge < -0.3 is 10.5 Å². The predicted molar refractivity (Wildman–Crippen MR) is 74.7 cm³/mol. The van der Waals surface area contributed by atoms with Crippen LogP contribution in [0, 0.1) is 10.1 Å². The van der Waals surface area contributed by atoms with Crippen LogP contribution in [0.25, 0.3) is 0 Å². The molecule has 1 unspecified atom stereocenters. The summed E-state index contributed by atoms with van der Waals surface area (Å²) < 4.78 is 6.60. The van der Waals surface area contributed by atoms with Crippen molar-refractivity contribution < 1.29 is 9.66 Å². The molecule has 0 radical (unpaired) electrons. The molecule has 2 N–H and O–H groups in total. The maximum Gasteiger partial charge on any atom is 0.330 e. The van der Waals surface area contributed by atoms with Gasteiger partial charge in [0.15, 0.2) is 0 Å². The molecular weight excluding hydrogens is 260 g/mol. The van der Waals surface area contributed by atoms with Gasteiger partial charge in [-0.3, -0.25) is 10.1 Å². The number of methoxy groups -OCH3 is 1. The summed E-state index contributed by atoms with van der Waals surface area (Å²) in [7, 11) is 1.60. The summed E-state index contributed by atoms with van der Waals surface area (Å²) >= 11 is 0. The molecule has 7 heteroatoms. The van der Waals surface area contributed by atoms with Gasteiger partial charge in [-0.05, 0) is 24.1 Å². The Kier molecular flexibility index (Phi) is 3.88. The van der Waals surface area contributed by atoms with E-state index in [1.54, 1.807) is 7.11 Å². The van der Waals surface area contributed by atoms with Gasteiger partial charge >= 0.3 is 5.69 Å². The zero-order valence-electron chi connectivity index (χ0n) is 11.3. The molecule has 0 aliphatic carbocycles. The van der Waals surface area contributed by atoms with Crippen molar-refractivity contribution in [3.05, 3.63) is 46.1 Å². The van der Waals surface area contributed by atoms with E-state index in [1.807, 2.05) is 31.2 Å². The standard InChI is InChI=1S/C13H16N4O3/c1-3-11(9-4-6-10(20-2)7-5-9)16-13(14)12(8-15-16)17(18)19/h4-8,11H,3,14H2,1-2H3. The predicted octanol–water partition coefficient (Wildman–Crippen LogP) is 2.38. The SMILES string of the molecule is CCC(c1ccc(OC)cc1)n1ncc([N+](=O)[O-])c1N. The first-order valence-corrected chi connectivity index (χ1v) is 6.19. The highest BCUT2D eigenvalue weighted by Gasteiger charge is 2.23. The van der Waals surface area contributed by atoms with Crippen LogP contribution in [0.5, 0.6) is 5.75 Å². The van der Waals surface area contributed by atoms with Crippen molar-refractivity contribution in [2.75, 3.05) is 12.8 Å². The Morgan fingerprint density at radius 1 is 1.45 bits per heavy atom. The third-order valence-electron chi connectivity index (χ3n) is 3.19. The summed E-state index contributed by atoms with van der Waals surface area (Å²) in [5.74, 6) is 0.820. The van der Waals surface area contributed by atoms with E-state index in [0.29, 0.717) is 0 Å². The van der Waals surface area contributed by atoms with E-state index in [9.17, 15) is 10.1 Å². The van der Waals surface area contributed by atoms with E-state index in [1.165, 1.54) is 10.9 Å². The van der Waals surface area contributed by atoms with E-state index in [-0.39, 0.29) is 17.5 Å². The highest BCUT2D eigenvalue weighted by atomic mass is 16.6. The normalized spacial score (nSPS) is 12.1. The van der Waals surface area contributed by atoms with Gasteiger partial charge in [-0.25, -0.2) is 4.68 Å². The minimum atomic E-state index is -0.528. The van der Waals surface area contributed by atoms with Crippen LogP contribution in [0.4, 0.5) is 11.5 Å². The molecule has 20 heavy (non-hydrogen) atoms. The van der Waals surface area contributed by atoms with E-state index >= 15 is 0 Å². The fourth-order valence-corrected chi connectivity index (χ4v) is 2.13. The Morgan fingerprint density at radius 2 is 2.10 bits per heavy atom. The molecule has 0 fully saturated rings. The van der Waals surface area contributed by atoms with Crippen LogP contribution in [0.3, 0.4) is 0 Å². The number of benzene rings is 1. The molecule has 0 amide bonds. The second-order valence-electron chi connectivity index (χ2n) is 4.31. The lowest BCUT2D eigenvalue weighted by Crippen LogP contribution is -2.14. The first-order valence-electron chi connectivity index (χ1n) is 6.19. The van der Waals surface area contributed by atoms with Gasteiger partial charge in [-0.15, -0.1) is 0 Å². The molecule has 2 aromatic rings. The average molecular weight is 276 g/mol. The Balaban J connectivity index is 2.38. The van der Waals surface area contributed by atoms with E-state index in [4.69, 9.17) is 10.5 Å². The van der Waals surface area contributed by atoms with Gasteiger partial charge in [-0.1, -0.05) is 19.1 Å². The summed E-state index contributed by atoms with van der Waals surface area (Å²) in [4.78, 5) is 10.3. The minimum Gasteiger partial charge on any atom is -0.497 e. The quantitative estimate of drug-likeness (QED) is 0.668. The molecule has 0 aliphatic heterocycles. The topological polar surface area (TPSA) is 96.2 Å². The van der Waals surface area contributed by atoms with Crippen LogP contribution in [0.15, 0.2) is 30.5 Å². The molecule has 7 nitrogen and oxygen atoms in total. The van der Waals surface area contributed by atoms with Crippen molar-refractivity contribution in [2.45, 2.75) is 19.4 Å². The van der Waals surface area contributed by atoms with Crippen molar-refractivity contribution >= 4 is 11.5 Å². The number of nitrogen functional groups attached to an aromatic ring is 1. The number of aromatic nitrogens is 2. The summed E-state index contributed by atoms with van der Waals surface area (Å²) in [6.07, 6.45) is 1.90. The first kappa shape index (κ1) is 13.9. The number of hydrogen-bond acceptors (Lipinski definition) is 5. The monoisotopic (exact) mass is 276 g/mol. The number of nitrogens with zero attached hydrogens (tertiary/aromatic N) is 3. The Labute approximate surface area is 116 Å². The van der Waals surface area contributed by atoms with Crippen molar-refractivity contribution in [1.82, 2.24) is 9.78 Å². The highest BCUT2D eigenvalue weighted by molar-refractivity contribution is 5.52. The fraction of sp³-hybridized carbons (Fsp3) is 0.308. The van der Waals surface area contributed by atoms with Gasteiger partial charge in [0, 0.05) is 0 Å². The van der Waals surface area contributed by atoms with Gasteiger partial charge in [-0.2, -0.15) is 5.10 Å². The maximum absolute atomic E-state index is 10.8. The lowest BCUT2D eigenvalue weighted by molar-refractivity contribution is -0.384. The molecule has 1 aromatic carbocycles. The average Bonchev–Trinajstić information content (AvgIpc) is 2.83. The van der Waals surface area contributed by atoms with Crippen molar-refractivity contribution in [3.63, 3.8) is 0 Å². The number of hydrogen-bond donors (Lipinski definition) is 1. The second-order valence-corrected chi connectivity index (χ2v) is 4.31. The molecular formula is C13H16N4O3. The number of anilines is 1. The molecule has 1 aromatic heterocycles. The van der Waals surface area contributed by atoms with Crippen LogP contribution >= 0.6 is 0 Å². The van der Waals surface area contributed by atoms with Crippen LogP contribution in [-0.2, 0) is 0 Å². The third kappa shape index (κ3) is 2.42. The smallest absolute Gasteiger partial charge is 0.330 e. The molecule has 106 valence electrons. The number of nitrogens with two attached hydrogens (primary N) is 1. The summed E-state index contributed by atoms with van der Waals surface area (Å²) in [6.45, 7) is 1.97. The molecule has 0 bridgehead atoms. The van der Waals surface area contributed by atoms with Crippen molar-refractivity contribution in [1.29, 1.82) is 0 Å². The van der Waals surface area contributed by atoms with Crippen LogP contribution in [-0.4, -0.2) is 21.8 Å². The maximum atomic E-state index is 10.8. The molecule has 1 atom stereocenters. The lowest BCUT2D eigenvalue weighted by atomic mass is 10.0. The molecule has 2 rings (SSSR count). The summed E-state index contributed by atoms with van der Waals surface area (Å²) in [6, 6.07) is 7.34. The number of nitro groups is 1. The minimum absolute atomic E-state index is 0.0673. The Morgan fingerprint density at radius 3 is 2.55 bits per heavy atom.